The maximum absolute atomic E-state index is 6.04. The summed E-state index contributed by atoms with van der Waals surface area (Å²) in [6.45, 7) is 6.39. The lowest BCUT2D eigenvalue weighted by molar-refractivity contribution is 0.0326. The van der Waals surface area contributed by atoms with E-state index < -0.39 is 0 Å². The van der Waals surface area contributed by atoms with Crippen molar-refractivity contribution in [1.82, 2.24) is 5.32 Å². The predicted octanol–water partition coefficient (Wildman–Crippen LogP) is 3.14. The van der Waals surface area contributed by atoms with E-state index in [-0.39, 0.29) is 12.1 Å². The van der Waals surface area contributed by atoms with E-state index in [1.807, 2.05) is 7.05 Å². The molecule has 1 fully saturated rings. The lowest BCUT2D eigenvalue weighted by Crippen LogP contribution is -2.30. The van der Waals surface area contributed by atoms with Gasteiger partial charge in [-0.1, -0.05) is 6.07 Å². The van der Waals surface area contributed by atoms with Gasteiger partial charge in [-0.3, -0.25) is 0 Å². The van der Waals surface area contributed by atoms with Crippen molar-refractivity contribution in [2.45, 2.75) is 51.9 Å². The molecular weight excluding hydrogens is 238 g/mol. The van der Waals surface area contributed by atoms with Gasteiger partial charge < -0.3 is 14.8 Å². The normalized spacial score (nSPS) is 24.5. The Labute approximate surface area is 116 Å². The molecule has 1 saturated heterocycles. The van der Waals surface area contributed by atoms with Crippen LogP contribution in [0.25, 0.3) is 0 Å². The number of benzene rings is 1. The molecule has 0 radical (unpaired) electrons. The van der Waals surface area contributed by atoms with E-state index in [1.54, 1.807) is 7.11 Å². The van der Waals surface area contributed by atoms with Crippen molar-refractivity contribution in [2.75, 3.05) is 14.2 Å². The average Bonchev–Trinajstić information content (AvgIpc) is 2.78. The van der Waals surface area contributed by atoms with Crippen molar-refractivity contribution in [3.8, 4) is 5.75 Å². The smallest absolute Gasteiger partial charge is 0.124 e. The van der Waals surface area contributed by atoms with Crippen LogP contribution in [0.2, 0.25) is 0 Å². The molecule has 106 valence electrons. The van der Waals surface area contributed by atoms with Gasteiger partial charge in [0.05, 0.1) is 25.4 Å². The quantitative estimate of drug-likeness (QED) is 0.905. The number of methoxy groups -OCH3 is 1. The summed E-state index contributed by atoms with van der Waals surface area (Å²) in [5.41, 5.74) is 3.72. The Hall–Kier alpha value is -1.06. The molecule has 1 aromatic carbocycles. The fourth-order valence-electron chi connectivity index (χ4n) is 3.10. The molecule has 1 aliphatic rings. The first-order chi connectivity index (χ1) is 9.06. The van der Waals surface area contributed by atoms with Crippen LogP contribution in [0.4, 0.5) is 0 Å². The first kappa shape index (κ1) is 14.4. The zero-order valence-corrected chi connectivity index (χ0v) is 12.6. The number of rotatable bonds is 4. The Bertz CT molecular complexity index is 445. The van der Waals surface area contributed by atoms with Crippen LogP contribution in [0.3, 0.4) is 0 Å². The SMILES string of the molecule is CNC(c1c(C)cc(C)cc1OC)C1CCC(C)O1. The topological polar surface area (TPSA) is 30.5 Å². The van der Waals surface area contributed by atoms with Crippen molar-refractivity contribution in [1.29, 1.82) is 0 Å². The molecule has 1 aromatic rings. The third kappa shape index (κ3) is 2.93. The summed E-state index contributed by atoms with van der Waals surface area (Å²) in [7, 11) is 3.73. The molecule has 1 aliphatic heterocycles. The van der Waals surface area contributed by atoms with Crippen LogP contribution in [-0.2, 0) is 4.74 Å². The van der Waals surface area contributed by atoms with Gasteiger partial charge in [0, 0.05) is 5.56 Å². The molecule has 3 atom stereocenters. The minimum Gasteiger partial charge on any atom is -0.496 e. The van der Waals surface area contributed by atoms with Gasteiger partial charge >= 0.3 is 0 Å². The second-order valence-corrected chi connectivity index (χ2v) is 5.53. The molecule has 0 amide bonds. The van der Waals surface area contributed by atoms with Gasteiger partial charge in [-0.2, -0.15) is 0 Å². The predicted molar refractivity (Wildman–Crippen MR) is 77.8 cm³/mol. The summed E-state index contributed by atoms with van der Waals surface area (Å²) in [6, 6.07) is 4.51. The molecule has 0 bridgehead atoms. The van der Waals surface area contributed by atoms with Crippen LogP contribution in [0, 0.1) is 13.8 Å². The fourth-order valence-corrected chi connectivity index (χ4v) is 3.10. The number of hydrogen-bond donors (Lipinski definition) is 1. The van der Waals surface area contributed by atoms with Crippen LogP contribution >= 0.6 is 0 Å². The Morgan fingerprint density at radius 2 is 2.05 bits per heavy atom. The van der Waals surface area contributed by atoms with E-state index in [4.69, 9.17) is 9.47 Å². The molecular formula is C16H25NO2. The summed E-state index contributed by atoms with van der Waals surface area (Å²) in [6.07, 6.45) is 2.83. The molecule has 3 unspecified atom stereocenters. The molecule has 2 rings (SSSR count). The average molecular weight is 263 g/mol. The Balaban J connectivity index is 2.37. The van der Waals surface area contributed by atoms with Gasteiger partial charge in [-0.15, -0.1) is 0 Å². The highest BCUT2D eigenvalue weighted by Gasteiger charge is 2.32. The first-order valence-electron chi connectivity index (χ1n) is 7.04. The van der Waals surface area contributed by atoms with Crippen molar-refractivity contribution >= 4 is 0 Å². The third-order valence-electron chi connectivity index (χ3n) is 3.97. The summed E-state index contributed by atoms with van der Waals surface area (Å²) in [5, 5.41) is 3.41. The second kappa shape index (κ2) is 5.93. The highest BCUT2D eigenvalue weighted by atomic mass is 16.5. The highest BCUT2D eigenvalue weighted by molar-refractivity contribution is 5.45. The van der Waals surface area contributed by atoms with Crippen LogP contribution in [0.1, 0.15) is 42.5 Å². The van der Waals surface area contributed by atoms with Gasteiger partial charge in [0.2, 0.25) is 0 Å². The molecule has 19 heavy (non-hydrogen) atoms. The highest BCUT2D eigenvalue weighted by Crippen LogP contribution is 2.36. The van der Waals surface area contributed by atoms with Crippen LogP contribution in [-0.4, -0.2) is 26.4 Å². The Kier molecular flexibility index (Phi) is 4.48. The molecule has 1 heterocycles. The number of aryl methyl sites for hydroxylation is 2. The largest absolute Gasteiger partial charge is 0.496 e. The van der Waals surface area contributed by atoms with Gasteiger partial charge in [0.15, 0.2) is 0 Å². The van der Waals surface area contributed by atoms with Gasteiger partial charge in [0.25, 0.3) is 0 Å². The second-order valence-electron chi connectivity index (χ2n) is 5.53. The monoisotopic (exact) mass is 263 g/mol. The summed E-state index contributed by atoms with van der Waals surface area (Å²) >= 11 is 0. The number of likely N-dealkylation sites (N-methyl/N-ethyl adjacent to an activating group) is 1. The fraction of sp³-hybridized carbons (Fsp3) is 0.625. The van der Waals surface area contributed by atoms with Gasteiger partial charge in [-0.05, 0) is 57.9 Å². The summed E-state index contributed by atoms with van der Waals surface area (Å²) in [4.78, 5) is 0. The molecule has 0 spiro atoms. The van der Waals surface area contributed by atoms with E-state index in [2.05, 4.69) is 38.2 Å². The van der Waals surface area contributed by atoms with Gasteiger partial charge in [-0.25, -0.2) is 0 Å². The molecule has 0 saturated carbocycles. The minimum absolute atomic E-state index is 0.195. The van der Waals surface area contributed by atoms with Crippen molar-refractivity contribution < 1.29 is 9.47 Å². The van der Waals surface area contributed by atoms with E-state index in [9.17, 15) is 0 Å². The van der Waals surface area contributed by atoms with Crippen molar-refractivity contribution in [3.05, 3.63) is 28.8 Å². The van der Waals surface area contributed by atoms with Crippen LogP contribution in [0.15, 0.2) is 12.1 Å². The Morgan fingerprint density at radius 3 is 2.58 bits per heavy atom. The van der Waals surface area contributed by atoms with Gasteiger partial charge in [0.1, 0.15) is 5.75 Å². The van der Waals surface area contributed by atoms with E-state index in [1.165, 1.54) is 16.7 Å². The van der Waals surface area contributed by atoms with E-state index in [0.29, 0.717) is 6.10 Å². The number of ether oxygens (including phenoxy) is 2. The van der Waals surface area contributed by atoms with E-state index in [0.717, 1.165) is 18.6 Å². The number of hydrogen-bond acceptors (Lipinski definition) is 3. The van der Waals surface area contributed by atoms with Crippen LogP contribution in [0.5, 0.6) is 5.75 Å². The van der Waals surface area contributed by atoms with Crippen molar-refractivity contribution in [2.24, 2.45) is 0 Å². The first-order valence-corrected chi connectivity index (χ1v) is 7.04. The molecule has 0 aliphatic carbocycles. The van der Waals surface area contributed by atoms with E-state index >= 15 is 0 Å². The number of nitrogens with one attached hydrogen (secondary N) is 1. The maximum Gasteiger partial charge on any atom is 0.124 e. The standard InChI is InChI=1S/C16H25NO2/c1-10-8-11(2)15(14(9-10)18-5)16(17-4)13-7-6-12(3)19-13/h8-9,12-13,16-17H,6-7H2,1-5H3. The lowest BCUT2D eigenvalue weighted by atomic mass is 9.93. The zero-order chi connectivity index (χ0) is 14.0. The third-order valence-corrected chi connectivity index (χ3v) is 3.97. The molecule has 3 nitrogen and oxygen atoms in total. The lowest BCUT2D eigenvalue weighted by Gasteiger charge is -2.27. The Morgan fingerprint density at radius 1 is 1.32 bits per heavy atom. The summed E-state index contributed by atoms with van der Waals surface area (Å²) in [5.74, 6) is 0.958. The molecule has 3 heteroatoms. The van der Waals surface area contributed by atoms with Crippen LogP contribution < -0.4 is 10.1 Å². The molecule has 0 aromatic heterocycles. The zero-order valence-electron chi connectivity index (χ0n) is 12.6. The maximum atomic E-state index is 6.04. The minimum atomic E-state index is 0.195. The molecule has 1 N–H and O–H groups in total. The van der Waals surface area contributed by atoms with Crippen molar-refractivity contribution in [3.63, 3.8) is 0 Å². The summed E-state index contributed by atoms with van der Waals surface area (Å²) < 4.78 is 11.6.